The Morgan fingerprint density at radius 3 is 2.54 bits per heavy atom. The number of aromatic nitrogens is 3. The zero-order valence-electron chi connectivity index (χ0n) is 12.8. The topological polar surface area (TPSA) is 88.0 Å². The summed E-state index contributed by atoms with van der Waals surface area (Å²) in [6, 6.07) is 9.39. The minimum absolute atomic E-state index is 0.0360. The monoisotopic (exact) mass is 340 g/mol. The molecular weight excluding hydrogens is 324 g/mol. The summed E-state index contributed by atoms with van der Waals surface area (Å²) in [4.78, 5) is 24.7. The molecule has 0 bridgehead atoms. The second-order valence-electron chi connectivity index (χ2n) is 5.09. The van der Waals surface area contributed by atoms with Crippen LogP contribution in [0, 0.1) is 0 Å². The van der Waals surface area contributed by atoms with Crippen LogP contribution in [0.15, 0.2) is 48.1 Å². The van der Waals surface area contributed by atoms with E-state index in [1.807, 2.05) is 24.3 Å². The molecule has 0 saturated carbocycles. The zero-order chi connectivity index (χ0) is 16.8. The minimum atomic E-state index is -0.208. The molecule has 1 amide bonds. The van der Waals surface area contributed by atoms with Gasteiger partial charge in [-0.25, -0.2) is 15.0 Å². The first kappa shape index (κ1) is 16.2. The summed E-state index contributed by atoms with van der Waals surface area (Å²) in [5.74, 6) is 0.311. The Morgan fingerprint density at radius 2 is 1.83 bits per heavy atom. The number of carbonyl (C=O) groups excluding carboxylic acids is 1. The molecule has 3 aromatic rings. The molecule has 0 aliphatic carbocycles. The molecule has 2 N–H and O–H groups in total. The van der Waals surface area contributed by atoms with E-state index in [2.05, 4.69) is 20.3 Å². The van der Waals surface area contributed by atoms with Crippen LogP contribution in [-0.4, -0.2) is 32.5 Å². The molecule has 3 rings (SSSR count). The van der Waals surface area contributed by atoms with Gasteiger partial charge in [-0.15, -0.1) is 11.3 Å². The van der Waals surface area contributed by atoms with Gasteiger partial charge in [-0.3, -0.25) is 4.79 Å². The van der Waals surface area contributed by atoms with Crippen LogP contribution in [0.1, 0.15) is 21.6 Å². The van der Waals surface area contributed by atoms with E-state index < -0.39 is 0 Å². The van der Waals surface area contributed by atoms with Gasteiger partial charge in [0.1, 0.15) is 5.69 Å². The van der Waals surface area contributed by atoms with Gasteiger partial charge < -0.3 is 10.4 Å². The number of rotatable bonds is 6. The van der Waals surface area contributed by atoms with Crippen molar-refractivity contribution in [2.75, 3.05) is 6.54 Å². The van der Waals surface area contributed by atoms with E-state index in [1.165, 1.54) is 11.3 Å². The number of thiazole rings is 1. The lowest BCUT2D eigenvalue weighted by molar-refractivity contribution is 0.0950. The lowest BCUT2D eigenvalue weighted by Gasteiger charge is -2.04. The molecule has 6 nitrogen and oxygen atoms in total. The van der Waals surface area contributed by atoms with Gasteiger partial charge in [0.25, 0.3) is 5.91 Å². The first-order chi connectivity index (χ1) is 11.8. The number of aliphatic hydroxyl groups is 1. The quantitative estimate of drug-likeness (QED) is 0.717. The third-order valence-corrected chi connectivity index (χ3v) is 4.24. The summed E-state index contributed by atoms with van der Waals surface area (Å²) >= 11 is 1.34. The summed E-state index contributed by atoms with van der Waals surface area (Å²) in [7, 11) is 0. The Balaban J connectivity index is 1.54. The number of carbonyl (C=O) groups is 1. The van der Waals surface area contributed by atoms with E-state index in [0.717, 1.165) is 17.5 Å². The Morgan fingerprint density at radius 1 is 1.12 bits per heavy atom. The number of hydrogen-bond donors (Lipinski definition) is 2. The van der Waals surface area contributed by atoms with Gasteiger partial charge in [-0.05, 0) is 23.6 Å². The van der Waals surface area contributed by atoms with Crippen molar-refractivity contribution in [2.45, 2.75) is 13.0 Å². The molecule has 1 aromatic carbocycles. The van der Waals surface area contributed by atoms with Crippen LogP contribution < -0.4 is 5.32 Å². The van der Waals surface area contributed by atoms with Crippen molar-refractivity contribution in [2.24, 2.45) is 0 Å². The van der Waals surface area contributed by atoms with Crippen LogP contribution in [0.5, 0.6) is 0 Å². The predicted molar refractivity (Wildman–Crippen MR) is 91.5 cm³/mol. The van der Waals surface area contributed by atoms with E-state index >= 15 is 0 Å². The van der Waals surface area contributed by atoms with Crippen molar-refractivity contribution in [3.63, 3.8) is 0 Å². The predicted octanol–water partition coefficient (Wildman–Crippen LogP) is 2.06. The maximum Gasteiger partial charge on any atom is 0.270 e. The molecule has 0 saturated heterocycles. The number of nitrogens with zero attached hydrogens (tertiary/aromatic N) is 3. The summed E-state index contributed by atoms with van der Waals surface area (Å²) in [5.41, 5.74) is 2.35. The normalized spacial score (nSPS) is 10.5. The van der Waals surface area contributed by atoms with Crippen LogP contribution in [0.25, 0.3) is 10.8 Å². The van der Waals surface area contributed by atoms with E-state index in [9.17, 15) is 4.79 Å². The fraction of sp³-hybridized carbons (Fsp3) is 0.176. The average molecular weight is 340 g/mol. The second kappa shape index (κ2) is 7.76. The highest BCUT2D eigenvalue weighted by molar-refractivity contribution is 7.13. The summed E-state index contributed by atoms with van der Waals surface area (Å²) in [6.45, 7) is 0.556. The van der Waals surface area contributed by atoms with E-state index in [4.69, 9.17) is 5.11 Å². The Bertz CT molecular complexity index is 803. The summed E-state index contributed by atoms with van der Waals surface area (Å²) in [6.07, 6.45) is 4.01. The maximum atomic E-state index is 12.1. The number of benzene rings is 1. The van der Waals surface area contributed by atoms with Crippen molar-refractivity contribution in [1.82, 2.24) is 20.3 Å². The molecule has 24 heavy (non-hydrogen) atoms. The Kier molecular flexibility index (Phi) is 5.25. The Labute approximate surface area is 143 Å². The molecule has 0 aliphatic heterocycles. The van der Waals surface area contributed by atoms with Crippen LogP contribution in [-0.2, 0) is 13.0 Å². The fourth-order valence-corrected chi connectivity index (χ4v) is 2.86. The van der Waals surface area contributed by atoms with Gasteiger partial charge >= 0.3 is 0 Å². The van der Waals surface area contributed by atoms with Crippen molar-refractivity contribution in [3.05, 3.63) is 64.9 Å². The van der Waals surface area contributed by atoms with E-state index in [-0.39, 0.29) is 12.5 Å². The lowest BCUT2D eigenvalue weighted by Crippen LogP contribution is -2.25. The van der Waals surface area contributed by atoms with E-state index in [0.29, 0.717) is 23.1 Å². The minimum Gasteiger partial charge on any atom is -0.392 e. The van der Waals surface area contributed by atoms with Crippen molar-refractivity contribution in [1.29, 1.82) is 0 Å². The summed E-state index contributed by atoms with van der Waals surface area (Å²) < 4.78 is 0. The third kappa shape index (κ3) is 4.01. The van der Waals surface area contributed by atoms with Crippen molar-refractivity contribution < 1.29 is 9.90 Å². The van der Waals surface area contributed by atoms with Gasteiger partial charge in [0.2, 0.25) is 0 Å². The van der Waals surface area contributed by atoms with Gasteiger partial charge in [0, 0.05) is 24.3 Å². The molecule has 0 atom stereocenters. The largest absolute Gasteiger partial charge is 0.392 e. The molecule has 0 spiro atoms. The fourth-order valence-electron chi connectivity index (χ4n) is 2.11. The molecule has 7 heteroatoms. The van der Waals surface area contributed by atoms with Crippen LogP contribution in [0.2, 0.25) is 0 Å². The standard InChI is InChI=1S/C17H16N4O2S/c22-10-13-4-2-12(3-5-13)6-9-20-16(23)14-11-24-17(21-14)15-18-7-1-8-19-15/h1-5,7-8,11,22H,6,9-10H2,(H,20,23). The SMILES string of the molecule is O=C(NCCc1ccc(CO)cc1)c1csc(-c2ncccn2)n1. The van der Waals surface area contributed by atoms with Gasteiger partial charge in [0.05, 0.1) is 6.61 Å². The first-order valence-corrected chi connectivity index (χ1v) is 8.34. The highest BCUT2D eigenvalue weighted by Crippen LogP contribution is 2.19. The van der Waals surface area contributed by atoms with Gasteiger partial charge in [0.15, 0.2) is 10.8 Å². The second-order valence-corrected chi connectivity index (χ2v) is 5.95. The van der Waals surface area contributed by atoms with Crippen LogP contribution in [0.3, 0.4) is 0 Å². The number of aliphatic hydroxyl groups excluding tert-OH is 1. The molecule has 2 aromatic heterocycles. The van der Waals surface area contributed by atoms with Crippen LogP contribution >= 0.6 is 11.3 Å². The number of nitrogens with one attached hydrogen (secondary N) is 1. The van der Waals surface area contributed by atoms with E-state index in [1.54, 1.807) is 23.8 Å². The van der Waals surface area contributed by atoms with Crippen LogP contribution in [0.4, 0.5) is 0 Å². The molecule has 0 radical (unpaired) electrons. The van der Waals surface area contributed by atoms with Crippen molar-refractivity contribution in [3.8, 4) is 10.8 Å². The Hall–Kier alpha value is -2.64. The smallest absolute Gasteiger partial charge is 0.270 e. The number of hydrogen-bond acceptors (Lipinski definition) is 6. The highest BCUT2D eigenvalue weighted by atomic mass is 32.1. The van der Waals surface area contributed by atoms with Gasteiger partial charge in [-0.2, -0.15) is 0 Å². The molecular formula is C17H16N4O2S. The summed E-state index contributed by atoms with van der Waals surface area (Å²) in [5, 5.41) is 14.2. The van der Waals surface area contributed by atoms with Crippen molar-refractivity contribution >= 4 is 17.2 Å². The molecule has 0 aliphatic rings. The number of amides is 1. The third-order valence-electron chi connectivity index (χ3n) is 3.40. The average Bonchev–Trinajstić information content (AvgIpc) is 3.13. The van der Waals surface area contributed by atoms with Gasteiger partial charge in [-0.1, -0.05) is 24.3 Å². The molecule has 122 valence electrons. The highest BCUT2D eigenvalue weighted by Gasteiger charge is 2.12. The maximum absolute atomic E-state index is 12.1. The molecule has 0 fully saturated rings. The first-order valence-electron chi connectivity index (χ1n) is 7.46. The molecule has 2 heterocycles. The zero-order valence-corrected chi connectivity index (χ0v) is 13.7. The lowest BCUT2D eigenvalue weighted by atomic mass is 10.1. The molecule has 0 unspecified atom stereocenters.